The van der Waals surface area contributed by atoms with Crippen LogP contribution in [-0.4, -0.2) is 5.78 Å². The lowest BCUT2D eigenvalue weighted by molar-refractivity contribution is 0.0972. The van der Waals surface area contributed by atoms with Crippen LogP contribution < -0.4 is 4.74 Å². The zero-order valence-electron chi connectivity index (χ0n) is 12.0. The monoisotopic (exact) mass is 284 g/mol. The largest absolute Gasteiger partial charge is 0.489 e. The number of rotatable bonds is 3. The molecular weight excluding hydrogens is 267 g/mol. The van der Waals surface area contributed by atoms with Crippen molar-refractivity contribution in [3.8, 4) is 5.75 Å². The summed E-state index contributed by atoms with van der Waals surface area (Å²) in [6.45, 7) is 2.27. The van der Waals surface area contributed by atoms with Gasteiger partial charge < -0.3 is 4.74 Å². The van der Waals surface area contributed by atoms with E-state index in [4.69, 9.17) is 4.74 Å². The van der Waals surface area contributed by atoms with Crippen LogP contribution in [0.5, 0.6) is 5.75 Å². The maximum absolute atomic E-state index is 13.1. The van der Waals surface area contributed by atoms with Crippen LogP contribution in [0.4, 0.5) is 4.39 Å². The molecule has 1 aliphatic carbocycles. The number of hydrogen-bond acceptors (Lipinski definition) is 2. The molecule has 0 amide bonds. The summed E-state index contributed by atoms with van der Waals surface area (Å²) in [5.41, 5.74) is 3.74. The van der Waals surface area contributed by atoms with Crippen molar-refractivity contribution in [3.05, 3.63) is 64.5 Å². The molecule has 0 spiro atoms. The summed E-state index contributed by atoms with van der Waals surface area (Å²) in [5, 5.41) is 0. The van der Waals surface area contributed by atoms with Crippen molar-refractivity contribution >= 4 is 5.78 Å². The lowest BCUT2D eigenvalue weighted by Gasteiger charge is -2.16. The van der Waals surface area contributed by atoms with Gasteiger partial charge in [0, 0.05) is 12.0 Å². The quantitative estimate of drug-likeness (QED) is 0.843. The van der Waals surface area contributed by atoms with Gasteiger partial charge >= 0.3 is 0 Å². The van der Waals surface area contributed by atoms with Crippen molar-refractivity contribution in [2.45, 2.75) is 32.8 Å². The maximum atomic E-state index is 13.1. The molecule has 0 saturated heterocycles. The maximum Gasteiger partial charge on any atom is 0.163 e. The van der Waals surface area contributed by atoms with Gasteiger partial charge in [0.05, 0.1) is 0 Å². The predicted octanol–water partition coefficient (Wildman–Crippen LogP) is 4.23. The molecule has 0 saturated carbocycles. The highest BCUT2D eigenvalue weighted by atomic mass is 19.1. The molecule has 2 nitrogen and oxygen atoms in total. The minimum Gasteiger partial charge on any atom is -0.489 e. The average molecular weight is 284 g/mol. The number of carbonyl (C=O) groups is 1. The van der Waals surface area contributed by atoms with Gasteiger partial charge in [-0.05, 0) is 66.8 Å². The molecule has 3 heteroatoms. The molecule has 0 unspecified atom stereocenters. The fourth-order valence-corrected chi connectivity index (χ4v) is 2.70. The second-order valence-electron chi connectivity index (χ2n) is 5.46. The predicted molar refractivity (Wildman–Crippen MR) is 79.2 cm³/mol. The van der Waals surface area contributed by atoms with Crippen molar-refractivity contribution in [2.75, 3.05) is 0 Å². The highest BCUT2D eigenvalue weighted by molar-refractivity contribution is 5.98. The van der Waals surface area contributed by atoms with Gasteiger partial charge in [-0.1, -0.05) is 6.07 Å². The van der Waals surface area contributed by atoms with E-state index >= 15 is 0 Å². The van der Waals surface area contributed by atoms with Crippen molar-refractivity contribution in [1.29, 1.82) is 0 Å². The second kappa shape index (κ2) is 5.68. The van der Waals surface area contributed by atoms with Crippen LogP contribution in [0.2, 0.25) is 0 Å². The SMILES string of the molecule is Cc1cc(F)ccc1COc1ccc2c(c1)CCCC2=O. The van der Waals surface area contributed by atoms with Gasteiger partial charge in [0.2, 0.25) is 0 Å². The summed E-state index contributed by atoms with van der Waals surface area (Å²) in [6.07, 6.45) is 2.47. The van der Waals surface area contributed by atoms with Gasteiger partial charge in [-0.15, -0.1) is 0 Å². The van der Waals surface area contributed by atoms with E-state index in [1.165, 1.54) is 12.1 Å². The number of ether oxygens (including phenoxy) is 1. The fraction of sp³-hybridized carbons (Fsp3) is 0.278. The van der Waals surface area contributed by atoms with E-state index in [0.717, 1.165) is 40.8 Å². The Hall–Kier alpha value is -2.16. The zero-order chi connectivity index (χ0) is 14.8. The number of Topliss-reactive ketones (excluding diaryl/α,β-unsaturated/α-hetero) is 1. The normalized spacial score (nSPS) is 13.9. The fourth-order valence-electron chi connectivity index (χ4n) is 2.70. The molecule has 2 aromatic carbocycles. The molecule has 0 aliphatic heterocycles. The Balaban J connectivity index is 1.75. The van der Waals surface area contributed by atoms with Crippen molar-refractivity contribution < 1.29 is 13.9 Å². The van der Waals surface area contributed by atoms with Crippen LogP contribution in [-0.2, 0) is 13.0 Å². The molecule has 108 valence electrons. The Bertz CT molecular complexity index is 692. The van der Waals surface area contributed by atoms with Gasteiger partial charge in [0.1, 0.15) is 18.2 Å². The average Bonchev–Trinajstić information content (AvgIpc) is 2.46. The number of benzene rings is 2. The third kappa shape index (κ3) is 2.97. The Morgan fingerprint density at radius 3 is 2.81 bits per heavy atom. The Labute approximate surface area is 123 Å². The van der Waals surface area contributed by atoms with Crippen molar-refractivity contribution in [3.63, 3.8) is 0 Å². The zero-order valence-corrected chi connectivity index (χ0v) is 12.0. The summed E-state index contributed by atoms with van der Waals surface area (Å²) >= 11 is 0. The van der Waals surface area contributed by atoms with E-state index in [2.05, 4.69) is 0 Å². The van der Waals surface area contributed by atoms with Crippen molar-refractivity contribution in [1.82, 2.24) is 0 Å². The number of halogens is 1. The van der Waals surface area contributed by atoms with Gasteiger partial charge in [0.15, 0.2) is 5.78 Å². The molecule has 1 aliphatic rings. The highest BCUT2D eigenvalue weighted by Crippen LogP contribution is 2.26. The van der Waals surface area contributed by atoms with Gasteiger partial charge in [0.25, 0.3) is 0 Å². The first kappa shape index (κ1) is 13.8. The second-order valence-corrected chi connectivity index (χ2v) is 5.46. The Kier molecular flexibility index (Phi) is 3.74. The van der Waals surface area contributed by atoms with E-state index in [1.807, 2.05) is 25.1 Å². The number of aryl methyl sites for hydroxylation is 2. The topological polar surface area (TPSA) is 26.3 Å². The summed E-state index contributed by atoms with van der Waals surface area (Å²) in [4.78, 5) is 11.8. The smallest absolute Gasteiger partial charge is 0.163 e. The van der Waals surface area contributed by atoms with Crippen LogP contribution in [0.15, 0.2) is 36.4 Å². The summed E-state index contributed by atoms with van der Waals surface area (Å²) < 4.78 is 18.8. The number of carbonyl (C=O) groups excluding carboxylic acids is 1. The molecule has 0 N–H and O–H groups in total. The van der Waals surface area contributed by atoms with Gasteiger partial charge in [-0.3, -0.25) is 4.79 Å². The number of ketones is 1. The van der Waals surface area contributed by atoms with E-state index in [-0.39, 0.29) is 11.6 Å². The first-order valence-electron chi connectivity index (χ1n) is 7.17. The van der Waals surface area contributed by atoms with E-state index < -0.39 is 0 Å². The van der Waals surface area contributed by atoms with Crippen LogP contribution in [0.25, 0.3) is 0 Å². The highest BCUT2D eigenvalue weighted by Gasteiger charge is 2.17. The van der Waals surface area contributed by atoms with Crippen LogP contribution in [0.1, 0.15) is 39.9 Å². The summed E-state index contributed by atoms with van der Waals surface area (Å²) in [5.74, 6) is 0.743. The first-order chi connectivity index (χ1) is 10.1. The van der Waals surface area contributed by atoms with Crippen LogP contribution in [0.3, 0.4) is 0 Å². The van der Waals surface area contributed by atoms with E-state index in [1.54, 1.807) is 6.07 Å². The molecule has 0 fully saturated rings. The first-order valence-corrected chi connectivity index (χ1v) is 7.17. The molecule has 0 aromatic heterocycles. The molecule has 0 heterocycles. The minimum atomic E-state index is -0.233. The van der Waals surface area contributed by atoms with Crippen molar-refractivity contribution in [2.24, 2.45) is 0 Å². The van der Waals surface area contributed by atoms with Gasteiger partial charge in [-0.2, -0.15) is 0 Å². The number of hydrogen-bond donors (Lipinski definition) is 0. The summed E-state index contributed by atoms with van der Waals surface area (Å²) in [7, 11) is 0. The lowest BCUT2D eigenvalue weighted by Crippen LogP contribution is -2.10. The molecule has 2 aromatic rings. The van der Waals surface area contributed by atoms with Crippen LogP contribution in [0, 0.1) is 12.7 Å². The lowest BCUT2D eigenvalue weighted by atomic mass is 9.90. The number of fused-ring (bicyclic) bond motifs is 1. The molecule has 21 heavy (non-hydrogen) atoms. The van der Waals surface area contributed by atoms with E-state index in [0.29, 0.717) is 13.0 Å². The third-order valence-electron chi connectivity index (χ3n) is 3.93. The molecule has 0 radical (unpaired) electrons. The molecule has 0 atom stereocenters. The van der Waals surface area contributed by atoms with Gasteiger partial charge in [-0.25, -0.2) is 4.39 Å². The van der Waals surface area contributed by atoms with E-state index in [9.17, 15) is 9.18 Å². The molecule has 3 rings (SSSR count). The third-order valence-corrected chi connectivity index (χ3v) is 3.93. The molecule has 0 bridgehead atoms. The molecular formula is C18H17FO2. The Morgan fingerprint density at radius 2 is 2.00 bits per heavy atom. The van der Waals surface area contributed by atoms with Crippen LogP contribution >= 0.6 is 0 Å². The standard InChI is InChI=1S/C18H17FO2/c1-12-9-15(19)6-5-14(12)11-21-16-7-8-17-13(10-16)3-2-4-18(17)20/h5-10H,2-4,11H2,1H3. The minimum absolute atomic E-state index is 0.220. The summed E-state index contributed by atoms with van der Waals surface area (Å²) in [6, 6.07) is 10.3. The Morgan fingerprint density at radius 1 is 1.14 bits per heavy atom.